The van der Waals surface area contributed by atoms with Crippen molar-refractivity contribution in [2.45, 2.75) is 25.8 Å². The van der Waals surface area contributed by atoms with Crippen molar-refractivity contribution in [2.24, 2.45) is 0 Å². The number of anilines is 1. The van der Waals surface area contributed by atoms with E-state index >= 15 is 0 Å². The highest BCUT2D eigenvalue weighted by atomic mass is 35.5. The van der Waals surface area contributed by atoms with E-state index in [9.17, 15) is 4.79 Å². The van der Waals surface area contributed by atoms with E-state index in [0.29, 0.717) is 16.3 Å². The van der Waals surface area contributed by atoms with Crippen molar-refractivity contribution >= 4 is 23.2 Å². The van der Waals surface area contributed by atoms with Gasteiger partial charge in [0.05, 0.1) is 5.56 Å². The van der Waals surface area contributed by atoms with Crippen LogP contribution >= 0.6 is 11.6 Å². The van der Waals surface area contributed by atoms with Gasteiger partial charge < -0.3 is 16.0 Å². The Morgan fingerprint density at radius 2 is 2.37 bits per heavy atom. The summed E-state index contributed by atoms with van der Waals surface area (Å²) >= 11 is 5.91. The molecule has 1 aromatic rings. The molecule has 5 heteroatoms. The fraction of sp³-hybridized carbons (Fsp3) is 0.500. The molecule has 1 fully saturated rings. The van der Waals surface area contributed by atoms with Gasteiger partial charge in [-0.3, -0.25) is 4.79 Å². The number of amides is 1. The number of nitrogens with zero attached hydrogens (tertiary/aromatic N) is 1. The number of likely N-dealkylation sites (N-methyl/N-ethyl adjacent to an activating group) is 1. The van der Waals surface area contributed by atoms with Crippen molar-refractivity contribution in [3.05, 3.63) is 28.8 Å². The third kappa shape index (κ3) is 3.61. The number of benzene rings is 1. The number of carbonyl (C=O) groups is 1. The summed E-state index contributed by atoms with van der Waals surface area (Å²) in [4.78, 5) is 14.6. The van der Waals surface area contributed by atoms with Gasteiger partial charge in [0.25, 0.3) is 5.91 Å². The maximum Gasteiger partial charge on any atom is 0.253 e. The molecule has 0 aromatic heterocycles. The molecule has 1 aliphatic heterocycles. The van der Waals surface area contributed by atoms with Gasteiger partial charge in [0.15, 0.2) is 0 Å². The second-order valence-electron chi connectivity index (χ2n) is 4.94. The van der Waals surface area contributed by atoms with Crippen LogP contribution in [0.4, 0.5) is 5.69 Å². The summed E-state index contributed by atoms with van der Waals surface area (Å²) in [6.45, 7) is 5.18. The molecule has 0 saturated carbocycles. The van der Waals surface area contributed by atoms with Gasteiger partial charge in [-0.1, -0.05) is 18.5 Å². The molecule has 1 heterocycles. The minimum absolute atomic E-state index is 0.136. The van der Waals surface area contributed by atoms with E-state index in [1.54, 1.807) is 18.2 Å². The lowest BCUT2D eigenvalue weighted by molar-refractivity contribution is 0.0907. The predicted octanol–water partition coefficient (Wildman–Crippen LogP) is 2.14. The number of halogens is 1. The van der Waals surface area contributed by atoms with Crippen molar-refractivity contribution in [3.8, 4) is 0 Å². The van der Waals surface area contributed by atoms with E-state index < -0.39 is 0 Å². The molecule has 4 nitrogen and oxygen atoms in total. The van der Waals surface area contributed by atoms with E-state index in [1.165, 1.54) is 0 Å². The fourth-order valence-corrected chi connectivity index (χ4v) is 2.62. The van der Waals surface area contributed by atoms with Gasteiger partial charge in [-0.25, -0.2) is 0 Å². The lowest BCUT2D eigenvalue weighted by atomic mass is 10.0. The number of nitrogens with two attached hydrogens (primary N) is 1. The highest BCUT2D eigenvalue weighted by molar-refractivity contribution is 6.31. The van der Waals surface area contributed by atoms with Gasteiger partial charge in [0, 0.05) is 23.3 Å². The number of rotatable bonds is 3. The van der Waals surface area contributed by atoms with Gasteiger partial charge in [-0.2, -0.15) is 0 Å². The van der Waals surface area contributed by atoms with Gasteiger partial charge in [-0.05, 0) is 44.1 Å². The average Bonchev–Trinajstić information content (AvgIpc) is 2.41. The van der Waals surface area contributed by atoms with E-state index in [4.69, 9.17) is 17.3 Å². The molecule has 1 aliphatic rings. The number of nitrogens with one attached hydrogen (secondary N) is 1. The Morgan fingerprint density at radius 1 is 1.58 bits per heavy atom. The van der Waals surface area contributed by atoms with Crippen LogP contribution in [0.2, 0.25) is 5.02 Å². The van der Waals surface area contributed by atoms with Crippen LogP contribution in [-0.2, 0) is 0 Å². The van der Waals surface area contributed by atoms with Crippen LogP contribution in [0.5, 0.6) is 0 Å². The molecule has 19 heavy (non-hydrogen) atoms. The number of carbonyl (C=O) groups excluding carboxylic acids is 1. The van der Waals surface area contributed by atoms with Crippen LogP contribution in [0.15, 0.2) is 18.2 Å². The summed E-state index contributed by atoms with van der Waals surface area (Å²) < 4.78 is 0. The molecular formula is C14H20ClN3O. The van der Waals surface area contributed by atoms with Crippen LogP contribution in [0.25, 0.3) is 0 Å². The Balaban J connectivity index is 2.02. The van der Waals surface area contributed by atoms with E-state index in [1.807, 2.05) is 0 Å². The lowest BCUT2D eigenvalue weighted by Crippen LogP contribution is -2.47. The van der Waals surface area contributed by atoms with E-state index in [-0.39, 0.29) is 11.9 Å². The predicted molar refractivity (Wildman–Crippen MR) is 78.5 cm³/mol. The molecule has 2 rings (SSSR count). The Labute approximate surface area is 118 Å². The molecule has 1 aromatic carbocycles. The van der Waals surface area contributed by atoms with Gasteiger partial charge in [0.1, 0.15) is 0 Å². The third-order valence-corrected chi connectivity index (χ3v) is 3.78. The zero-order valence-electron chi connectivity index (χ0n) is 11.2. The monoisotopic (exact) mass is 281 g/mol. The highest BCUT2D eigenvalue weighted by Gasteiger charge is 2.21. The van der Waals surface area contributed by atoms with Crippen LogP contribution in [0.3, 0.4) is 0 Å². The molecule has 104 valence electrons. The standard InChI is InChI=1S/C14H20ClN3O/c1-2-18-7-3-4-11(9-18)17-14(19)12-8-10(15)5-6-13(12)16/h5-6,8,11H,2-4,7,9,16H2,1H3,(H,17,19). The topological polar surface area (TPSA) is 58.4 Å². The highest BCUT2D eigenvalue weighted by Crippen LogP contribution is 2.18. The van der Waals surface area contributed by atoms with Gasteiger partial charge in [-0.15, -0.1) is 0 Å². The molecule has 3 N–H and O–H groups in total. The van der Waals surface area contributed by atoms with Crippen LogP contribution in [0.1, 0.15) is 30.1 Å². The SMILES string of the molecule is CCN1CCCC(NC(=O)c2cc(Cl)ccc2N)C1. The van der Waals surface area contributed by atoms with Gasteiger partial charge in [0.2, 0.25) is 0 Å². The molecule has 0 bridgehead atoms. The summed E-state index contributed by atoms with van der Waals surface area (Å²) in [5, 5.41) is 3.57. The van der Waals surface area contributed by atoms with E-state index in [2.05, 4.69) is 17.1 Å². The zero-order chi connectivity index (χ0) is 13.8. The number of piperidine rings is 1. The fourth-order valence-electron chi connectivity index (χ4n) is 2.45. The van der Waals surface area contributed by atoms with Crippen molar-refractivity contribution in [3.63, 3.8) is 0 Å². The quantitative estimate of drug-likeness (QED) is 0.835. The first-order valence-corrected chi connectivity index (χ1v) is 7.06. The first-order valence-electron chi connectivity index (χ1n) is 6.68. The molecule has 0 spiro atoms. The summed E-state index contributed by atoms with van der Waals surface area (Å²) in [7, 11) is 0. The summed E-state index contributed by atoms with van der Waals surface area (Å²) in [6.07, 6.45) is 2.13. The first-order chi connectivity index (χ1) is 9.10. The first kappa shape index (κ1) is 14.2. The zero-order valence-corrected chi connectivity index (χ0v) is 11.9. The molecule has 0 radical (unpaired) electrons. The van der Waals surface area contributed by atoms with Crippen LogP contribution < -0.4 is 11.1 Å². The van der Waals surface area contributed by atoms with E-state index in [0.717, 1.165) is 32.5 Å². The van der Waals surface area contributed by atoms with Crippen molar-refractivity contribution < 1.29 is 4.79 Å². The van der Waals surface area contributed by atoms with Crippen LogP contribution in [-0.4, -0.2) is 36.5 Å². The Bertz CT molecular complexity index is 464. The Kier molecular flexibility index (Phi) is 4.66. The lowest BCUT2D eigenvalue weighted by Gasteiger charge is -2.32. The molecule has 1 atom stereocenters. The molecule has 1 unspecified atom stereocenters. The van der Waals surface area contributed by atoms with Gasteiger partial charge >= 0.3 is 0 Å². The minimum Gasteiger partial charge on any atom is -0.398 e. The van der Waals surface area contributed by atoms with Crippen molar-refractivity contribution in [1.29, 1.82) is 0 Å². The maximum atomic E-state index is 12.2. The normalized spacial score (nSPS) is 20.2. The molecular weight excluding hydrogens is 262 g/mol. The number of nitrogen functional groups attached to an aromatic ring is 1. The summed E-state index contributed by atoms with van der Waals surface area (Å²) in [6, 6.07) is 5.16. The number of likely N-dealkylation sites (tertiary alicyclic amines) is 1. The van der Waals surface area contributed by atoms with Crippen molar-refractivity contribution in [1.82, 2.24) is 10.2 Å². The maximum absolute atomic E-state index is 12.2. The minimum atomic E-state index is -0.136. The number of hydrogen-bond acceptors (Lipinski definition) is 3. The molecule has 0 aliphatic carbocycles. The smallest absolute Gasteiger partial charge is 0.253 e. The molecule has 1 saturated heterocycles. The largest absolute Gasteiger partial charge is 0.398 e. The molecule has 1 amide bonds. The third-order valence-electron chi connectivity index (χ3n) is 3.55. The Hall–Kier alpha value is -1.26. The summed E-state index contributed by atoms with van der Waals surface area (Å²) in [5.74, 6) is -0.136. The van der Waals surface area contributed by atoms with Crippen LogP contribution in [0, 0.1) is 0 Å². The second-order valence-corrected chi connectivity index (χ2v) is 5.37. The summed E-state index contributed by atoms with van der Waals surface area (Å²) in [5.41, 5.74) is 6.74. The second kappa shape index (κ2) is 6.26. The number of hydrogen-bond donors (Lipinski definition) is 2. The average molecular weight is 282 g/mol. The Morgan fingerprint density at radius 3 is 3.11 bits per heavy atom. The van der Waals surface area contributed by atoms with Crippen molar-refractivity contribution in [2.75, 3.05) is 25.4 Å².